The van der Waals surface area contributed by atoms with E-state index < -0.39 is 5.54 Å². The Morgan fingerprint density at radius 1 is 1.00 bits per heavy atom. The van der Waals surface area contributed by atoms with Gasteiger partial charge in [-0.2, -0.15) is 0 Å². The smallest absolute Gasteiger partial charge is 0.328 e. The molecule has 1 N–H and O–H groups in total. The maximum absolute atomic E-state index is 14.6. The highest BCUT2D eigenvalue weighted by Gasteiger charge is 2.70. The summed E-state index contributed by atoms with van der Waals surface area (Å²) in [7, 11) is 4.09. The Kier molecular flexibility index (Phi) is 7.83. The fourth-order valence-corrected chi connectivity index (χ4v) is 8.12. The van der Waals surface area contributed by atoms with E-state index in [-0.39, 0.29) is 29.6 Å². The standard InChI is InChI=1S/C35H43N5O5/c1-4-45-32-19-24(9-12-31(32)41)21-38-22-25-20-30(28-10-11-29(36(2)3)27-8-6-5-7-26(27)28)40-34(43)39(33(42)35(25,40)23-38)14-13-37-15-17-44-18-16-37/h5-12,19,25,30,41H,4,13-18,20-23H2,1-3H3/t25-,30-,35+/m1/s1. The van der Waals surface area contributed by atoms with E-state index in [1.807, 2.05) is 38.1 Å². The molecule has 4 aliphatic heterocycles. The molecule has 10 heteroatoms. The number of morpholine rings is 1. The van der Waals surface area contributed by atoms with Crippen molar-refractivity contribution in [1.29, 1.82) is 0 Å². The zero-order valence-corrected chi connectivity index (χ0v) is 26.4. The maximum Gasteiger partial charge on any atom is 0.328 e. The highest BCUT2D eigenvalue weighted by atomic mass is 16.5. The van der Waals surface area contributed by atoms with Crippen molar-refractivity contribution in [2.75, 3.05) is 78.1 Å². The summed E-state index contributed by atoms with van der Waals surface area (Å²) in [5, 5.41) is 12.5. The van der Waals surface area contributed by atoms with Crippen molar-refractivity contribution >= 4 is 28.4 Å². The summed E-state index contributed by atoms with van der Waals surface area (Å²) in [6, 6.07) is 17.8. The van der Waals surface area contributed by atoms with Crippen LogP contribution in [0.3, 0.4) is 0 Å². The fourth-order valence-electron chi connectivity index (χ4n) is 8.12. The van der Waals surface area contributed by atoms with Crippen LogP contribution in [-0.4, -0.2) is 115 Å². The van der Waals surface area contributed by atoms with Crippen molar-refractivity contribution in [3.05, 3.63) is 65.7 Å². The number of carbonyl (C=O) groups is 2. The number of benzene rings is 3. The molecule has 3 aromatic rings. The number of hydrogen-bond acceptors (Lipinski definition) is 8. The van der Waals surface area contributed by atoms with Gasteiger partial charge in [0.1, 0.15) is 5.54 Å². The summed E-state index contributed by atoms with van der Waals surface area (Å²) in [4.78, 5) is 39.2. The Morgan fingerprint density at radius 2 is 1.78 bits per heavy atom. The first-order chi connectivity index (χ1) is 21.8. The van der Waals surface area contributed by atoms with Gasteiger partial charge in [-0.1, -0.05) is 36.4 Å². The van der Waals surface area contributed by atoms with E-state index in [1.54, 1.807) is 6.07 Å². The number of anilines is 1. The molecule has 0 bridgehead atoms. The number of likely N-dealkylation sites (tertiary alicyclic amines) is 1. The summed E-state index contributed by atoms with van der Waals surface area (Å²) in [6.45, 7) is 8.15. The molecule has 4 heterocycles. The lowest BCUT2D eigenvalue weighted by Crippen LogP contribution is -2.51. The third kappa shape index (κ3) is 4.99. The average molecular weight is 614 g/mol. The number of phenols is 1. The van der Waals surface area contributed by atoms with E-state index in [1.165, 1.54) is 4.90 Å². The van der Waals surface area contributed by atoms with Crippen molar-refractivity contribution in [2.24, 2.45) is 5.92 Å². The molecule has 0 aliphatic carbocycles. The van der Waals surface area contributed by atoms with Crippen LogP contribution in [0, 0.1) is 5.92 Å². The van der Waals surface area contributed by atoms with Gasteiger partial charge in [-0.05, 0) is 48.1 Å². The molecule has 45 heavy (non-hydrogen) atoms. The quantitative estimate of drug-likeness (QED) is 0.364. The van der Waals surface area contributed by atoms with E-state index in [4.69, 9.17) is 9.47 Å². The number of aromatic hydroxyl groups is 1. The summed E-state index contributed by atoms with van der Waals surface area (Å²) in [6.07, 6.45) is 0.733. The Balaban J connectivity index is 1.23. The van der Waals surface area contributed by atoms with Crippen LogP contribution in [0.5, 0.6) is 11.5 Å². The monoisotopic (exact) mass is 613 g/mol. The van der Waals surface area contributed by atoms with Gasteiger partial charge in [-0.15, -0.1) is 0 Å². The summed E-state index contributed by atoms with van der Waals surface area (Å²) < 4.78 is 11.1. The number of imide groups is 1. The third-order valence-electron chi connectivity index (χ3n) is 10.2. The number of nitrogens with zero attached hydrogens (tertiary/aromatic N) is 5. The van der Waals surface area contributed by atoms with Crippen LogP contribution in [0.25, 0.3) is 10.8 Å². The predicted octanol–water partition coefficient (Wildman–Crippen LogP) is 3.92. The minimum absolute atomic E-state index is 0.00287. The van der Waals surface area contributed by atoms with Crippen LogP contribution in [-0.2, 0) is 16.1 Å². The van der Waals surface area contributed by atoms with Gasteiger partial charge in [0, 0.05) is 76.9 Å². The highest BCUT2D eigenvalue weighted by molar-refractivity contribution is 6.09. The van der Waals surface area contributed by atoms with Gasteiger partial charge in [0.15, 0.2) is 11.5 Å². The van der Waals surface area contributed by atoms with Crippen molar-refractivity contribution in [1.82, 2.24) is 19.6 Å². The van der Waals surface area contributed by atoms with Crippen molar-refractivity contribution in [3.63, 3.8) is 0 Å². The van der Waals surface area contributed by atoms with Gasteiger partial charge in [-0.25, -0.2) is 4.79 Å². The minimum atomic E-state index is -0.909. The third-order valence-corrected chi connectivity index (χ3v) is 10.2. The molecule has 0 saturated carbocycles. The zero-order chi connectivity index (χ0) is 31.3. The molecule has 238 valence electrons. The molecule has 1 spiro atoms. The molecular formula is C35H43N5O5. The van der Waals surface area contributed by atoms with E-state index in [9.17, 15) is 14.7 Å². The molecule has 3 aromatic carbocycles. The second-order valence-electron chi connectivity index (χ2n) is 13.0. The SMILES string of the molecule is CCOc1cc(CN2C[C@H]3C[C@H](c4ccc(N(C)C)c5ccccc45)N4C(=O)N(CCN5CCOCC5)C(=O)[C@]34C2)ccc1O. The first-order valence-electron chi connectivity index (χ1n) is 16.1. The number of carbonyl (C=O) groups excluding carboxylic acids is 2. The Morgan fingerprint density at radius 3 is 2.53 bits per heavy atom. The first kappa shape index (κ1) is 29.8. The van der Waals surface area contributed by atoms with Crippen molar-refractivity contribution in [2.45, 2.75) is 31.5 Å². The lowest BCUT2D eigenvalue weighted by molar-refractivity contribution is -0.133. The van der Waals surface area contributed by atoms with Crippen LogP contribution in [0.2, 0.25) is 0 Å². The highest BCUT2D eigenvalue weighted by Crippen LogP contribution is 2.56. The van der Waals surface area contributed by atoms with Crippen molar-refractivity contribution < 1.29 is 24.2 Å². The zero-order valence-electron chi connectivity index (χ0n) is 26.4. The Labute approximate surface area is 264 Å². The summed E-state index contributed by atoms with van der Waals surface area (Å²) >= 11 is 0. The second kappa shape index (κ2) is 11.8. The molecule has 0 aromatic heterocycles. The molecule has 7 rings (SSSR count). The molecule has 4 saturated heterocycles. The van der Waals surface area contributed by atoms with Crippen LogP contribution in [0.15, 0.2) is 54.6 Å². The predicted molar refractivity (Wildman–Crippen MR) is 173 cm³/mol. The Bertz CT molecular complexity index is 1610. The summed E-state index contributed by atoms with van der Waals surface area (Å²) in [5.74, 6) is 0.518. The van der Waals surface area contributed by atoms with Crippen LogP contribution >= 0.6 is 0 Å². The van der Waals surface area contributed by atoms with Crippen LogP contribution in [0.4, 0.5) is 10.5 Å². The molecule has 4 fully saturated rings. The molecule has 3 amide bonds. The minimum Gasteiger partial charge on any atom is -0.504 e. The van der Waals surface area contributed by atoms with E-state index in [0.29, 0.717) is 58.3 Å². The van der Waals surface area contributed by atoms with E-state index in [2.05, 4.69) is 51.1 Å². The molecule has 0 unspecified atom stereocenters. The van der Waals surface area contributed by atoms with Crippen LogP contribution in [0.1, 0.15) is 30.5 Å². The number of hydrogen-bond donors (Lipinski definition) is 1. The number of fused-ring (bicyclic) bond motifs is 1. The molecule has 4 aliphatic rings. The lowest BCUT2D eigenvalue weighted by Gasteiger charge is -2.32. The lowest BCUT2D eigenvalue weighted by atomic mass is 9.87. The normalized spacial score (nSPS) is 25.3. The number of ether oxygens (including phenoxy) is 2. The first-order valence-corrected chi connectivity index (χ1v) is 16.1. The molecule has 3 atom stereocenters. The maximum atomic E-state index is 14.6. The van der Waals surface area contributed by atoms with Gasteiger partial charge in [-0.3, -0.25) is 19.5 Å². The van der Waals surface area contributed by atoms with Gasteiger partial charge in [0.2, 0.25) is 0 Å². The molecule has 10 nitrogen and oxygen atoms in total. The second-order valence-corrected chi connectivity index (χ2v) is 13.0. The van der Waals surface area contributed by atoms with Gasteiger partial charge >= 0.3 is 6.03 Å². The number of rotatable bonds is 9. The molecular weight excluding hydrogens is 570 g/mol. The van der Waals surface area contributed by atoms with E-state index in [0.717, 1.165) is 47.1 Å². The van der Waals surface area contributed by atoms with Crippen molar-refractivity contribution in [3.8, 4) is 11.5 Å². The summed E-state index contributed by atoms with van der Waals surface area (Å²) in [5.41, 5.74) is 2.33. The Hall–Kier alpha value is -3.86. The van der Waals surface area contributed by atoms with Gasteiger partial charge < -0.3 is 24.4 Å². The van der Waals surface area contributed by atoms with Crippen LogP contribution < -0.4 is 9.64 Å². The number of amides is 3. The number of urea groups is 1. The topological polar surface area (TPSA) is 89.0 Å². The average Bonchev–Trinajstić information content (AvgIpc) is 3.61. The fraction of sp³-hybridized carbons (Fsp3) is 0.486. The molecule has 0 radical (unpaired) electrons. The van der Waals surface area contributed by atoms with Gasteiger partial charge in [0.05, 0.1) is 25.9 Å². The van der Waals surface area contributed by atoms with E-state index >= 15 is 0 Å². The number of phenolic OH excluding ortho intramolecular Hbond substituents is 1. The van der Waals surface area contributed by atoms with Gasteiger partial charge in [0.25, 0.3) is 5.91 Å². The largest absolute Gasteiger partial charge is 0.504 e.